The fourth-order valence-electron chi connectivity index (χ4n) is 3.99. The number of hydrogen-bond acceptors (Lipinski definition) is 5. The second kappa shape index (κ2) is 5.91. The minimum absolute atomic E-state index is 0.103. The maximum Gasteiger partial charge on any atom is 0.275 e. The van der Waals surface area contributed by atoms with Gasteiger partial charge in [0, 0.05) is 6.42 Å². The van der Waals surface area contributed by atoms with Gasteiger partial charge in [-0.2, -0.15) is 0 Å². The van der Waals surface area contributed by atoms with E-state index < -0.39 is 11.4 Å². The van der Waals surface area contributed by atoms with Gasteiger partial charge in [-0.25, -0.2) is 14.4 Å². The molecule has 6 nitrogen and oxygen atoms in total. The molecule has 1 spiro atoms. The van der Waals surface area contributed by atoms with Crippen LogP contribution >= 0.6 is 11.6 Å². The molecule has 1 aliphatic carbocycles. The lowest BCUT2D eigenvalue weighted by Gasteiger charge is -2.35. The number of Topliss-reactive ketones (excluding diaryl/α,β-unsaturated/α-hetero) is 1. The van der Waals surface area contributed by atoms with Gasteiger partial charge in [0.05, 0.1) is 16.8 Å². The first kappa shape index (κ1) is 16.2. The highest BCUT2D eigenvalue weighted by Crippen LogP contribution is 2.44. The zero-order valence-electron chi connectivity index (χ0n) is 13.4. The van der Waals surface area contributed by atoms with Crippen molar-refractivity contribution < 1.29 is 9.18 Å². The second-order valence-corrected chi connectivity index (χ2v) is 7.03. The molecule has 1 saturated carbocycles. The molecule has 1 aliphatic heterocycles. The van der Waals surface area contributed by atoms with Gasteiger partial charge in [0.15, 0.2) is 17.4 Å². The summed E-state index contributed by atoms with van der Waals surface area (Å²) in [4.78, 5) is 32.9. The summed E-state index contributed by atoms with van der Waals surface area (Å²) < 4.78 is 15.3. The van der Waals surface area contributed by atoms with Gasteiger partial charge < -0.3 is 5.32 Å². The molecular formula is C17H16ClFN4O2. The van der Waals surface area contributed by atoms with Crippen molar-refractivity contribution in [1.82, 2.24) is 14.5 Å². The molecule has 0 atom stereocenters. The predicted molar refractivity (Wildman–Crippen MR) is 91.0 cm³/mol. The Morgan fingerprint density at radius 2 is 2.00 bits per heavy atom. The molecule has 25 heavy (non-hydrogen) atoms. The number of nitrogens with zero attached hydrogens (tertiary/aromatic N) is 3. The van der Waals surface area contributed by atoms with Crippen LogP contribution in [0.1, 0.15) is 49.0 Å². The van der Waals surface area contributed by atoms with Gasteiger partial charge in [-0.05, 0) is 18.9 Å². The van der Waals surface area contributed by atoms with Crippen molar-refractivity contribution in [3.8, 4) is 0 Å². The highest BCUT2D eigenvalue weighted by atomic mass is 35.5. The Hall–Kier alpha value is -2.28. The molecule has 0 saturated heterocycles. The Morgan fingerprint density at radius 3 is 2.72 bits per heavy atom. The van der Waals surface area contributed by atoms with E-state index in [4.69, 9.17) is 11.6 Å². The molecule has 130 valence electrons. The summed E-state index contributed by atoms with van der Waals surface area (Å²) in [6, 6.07) is 1.37. The van der Waals surface area contributed by atoms with Crippen molar-refractivity contribution in [3.05, 3.63) is 45.5 Å². The molecule has 2 aromatic heterocycles. The number of anilines is 2. The Morgan fingerprint density at radius 1 is 1.24 bits per heavy atom. The van der Waals surface area contributed by atoms with Gasteiger partial charge in [0.25, 0.3) is 5.56 Å². The molecule has 0 amide bonds. The summed E-state index contributed by atoms with van der Waals surface area (Å²) in [5.41, 5.74) is -0.508. The predicted octanol–water partition coefficient (Wildman–Crippen LogP) is 3.42. The largest absolute Gasteiger partial charge is 0.333 e. The second-order valence-electron chi connectivity index (χ2n) is 6.62. The molecule has 0 unspecified atom stereocenters. The Labute approximate surface area is 148 Å². The first-order valence-electron chi connectivity index (χ1n) is 8.24. The number of carbonyl (C=O) groups excluding carboxylic acids is 1. The Kier molecular flexibility index (Phi) is 3.83. The minimum Gasteiger partial charge on any atom is -0.333 e. The van der Waals surface area contributed by atoms with Gasteiger partial charge in [-0.1, -0.05) is 30.9 Å². The number of hydrogen-bond donors (Lipinski definition) is 1. The van der Waals surface area contributed by atoms with E-state index in [2.05, 4.69) is 15.3 Å². The van der Waals surface area contributed by atoms with Gasteiger partial charge in [0.2, 0.25) is 0 Å². The van der Waals surface area contributed by atoms with E-state index >= 15 is 0 Å². The number of aromatic nitrogens is 3. The number of pyridine rings is 1. The van der Waals surface area contributed by atoms with Crippen LogP contribution in [0.15, 0.2) is 23.4 Å². The van der Waals surface area contributed by atoms with Crippen LogP contribution in [0, 0.1) is 5.82 Å². The van der Waals surface area contributed by atoms with E-state index in [0.29, 0.717) is 6.42 Å². The third-order valence-corrected chi connectivity index (χ3v) is 5.38. The third-order valence-electron chi connectivity index (χ3n) is 5.09. The maximum absolute atomic E-state index is 13.8. The van der Waals surface area contributed by atoms with Gasteiger partial charge in [0.1, 0.15) is 17.7 Å². The van der Waals surface area contributed by atoms with Gasteiger partial charge >= 0.3 is 0 Å². The molecule has 0 aromatic carbocycles. The van der Waals surface area contributed by atoms with Crippen molar-refractivity contribution in [2.45, 2.75) is 44.1 Å². The van der Waals surface area contributed by atoms with Crippen LogP contribution in [-0.4, -0.2) is 20.3 Å². The number of nitrogens with one attached hydrogen (secondary N) is 1. The summed E-state index contributed by atoms with van der Waals surface area (Å²) in [6.45, 7) is 0. The van der Waals surface area contributed by atoms with Crippen LogP contribution in [0.5, 0.6) is 0 Å². The summed E-state index contributed by atoms with van der Waals surface area (Å²) in [6.07, 6.45) is 7.06. The van der Waals surface area contributed by atoms with Crippen molar-refractivity contribution in [2.75, 3.05) is 5.32 Å². The van der Waals surface area contributed by atoms with E-state index in [1.54, 1.807) is 0 Å². The molecule has 2 aromatic rings. The van der Waals surface area contributed by atoms with Crippen molar-refractivity contribution in [1.29, 1.82) is 0 Å². The van der Waals surface area contributed by atoms with Gasteiger partial charge in [-0.15, -0.1) is 0 Å². The maximum atomic E-state index is 13.8. The molecule has 2 aliphatic rings. The van der Waals surface area contributed by atoms with Crippen LogP contribution in [0.3, 0.4) is 0 Å². The van der Waals surface area contributed by atoms with E-state index in [-0.39, 0.29) is 33.6 Å². The Balaban J connectivity index is 1.86. The summed E-state index contributed by atoms with van der Waals surface area (Å²) in [5, 5.41) is 2.89. The van der Waals surface area contributed by atoms with Crippen LogP contribution in [0.25, 0.3) is 0 Å². The third kappa shape index (κ3) is 2.54. The molecule has 0 radical (unpaired) electrons. The van der Waals surface area contributed by atoms with Crippen molar-refractivity contribution >= 4 is 28.9 Å². The van der Waals surface area contributed by atoms with Crippen molar-refractivity contribution in [2.24, 2.45) is 0 Å². The topological polar surface area (TPSA) is 76.9 Å². The fraction of sp³-hybridized carbons (Fsp3) is 0.412. The SMILES string of the molecule is O=C1CC2(CCCCC2)n2c1c(Cl)cc(Nc1ncncc1F)c2=O. The standard InChI is InChI=1S/C17H16ClFN4O2/c18-10-6-12(22-15-11(19)8-20-9-21-15)16(25)23-14(10)13(24)7-17(23)4-2-1-3-5-17/h6,8-9H,1-5,7H2,(H,20,21,22). The Bertz CT molecular complexity index is 921. The van der Waals surface area contributed by atoms with E-state index in [1.165, 1.54) is 17.0 Å². The van der Waals surface area contributed by atoms with Crippen LogP contribution < -0.4 is 10.9 Å². The first-order chi connectivity index (χ1) is 12.0. The number of rotatable bonds is 2. The molecule has 8 heteroatoms. The molecule has 4 rings (SSSR count). The molecular weight excluding hydrogens is 347 g/mol. The first-order valence-corrected chi connectivity index (χ1v) is 8.61. The highest BCUT2D eigenvalue weighted by molar-refractivity contribution is 6.34. The molecule has 1 fully saturated rings. The lowest BCUT2D eigenvalue weighted by molar-refractivity contribution is 0.0950. The average Bonchev–Trinajstić information content (AvgIpc) is 2.87. The molecule has 1 N–H and O–H groups in total. The van der Waals surface area contributed by atoms with Crippen molar-refractivity contribution in [3.63, 3.8) is 0 Å². The van der Waals surface area contributed by atoms with E-state index in [1.807, 2.05) is 0 Å². The number of carbonyl (C=O) groups is 1. The lowest BCUT2D eigenvalue weighted by Crippen LogP contribution is -2.40. The quantitative estimate of drug-likeness (QED) is 0.885. The molecule has 0 bridgehead atoms. The summed E-state index contributed by atoms with van der Waals surface area (Å²) >= 11 is 6.30. The summed E-state index contributed by atoms with van der Waals surface area (Å²) in [5.74, 6) is -0.888. The lowest BCUT2D eigenvalue weighted by atomic mass is 9.80. The highest BCUT2D eigenvalue weighted by Gasteiger charge is 2.46. The van der Waals surface area contributed by atoms with Crippen LogP contribution in [-0.2, 0) is 5.54 Å². The van der Waals surface area contributed by atoms with Crippen LogP contribution in [0.4, 0.5) is 15.9 Å². The molecule has 3 heterocycles. The average molecular weight is 363 g/mol. The normalized spacial score (nSPS) is 18.4. The number of ketones is 1. The zero-order chi connectivity index (χ0) is 17.6. The van der Waals surface area contributed by atoms with E-state index in [9.17, 15) is 14.0 Å². The monoisotopic (exact) mass is 362 g/mol. The van der Waals surface area contributed by atoms with E-state index in [0.717, 1.165) is 38.3 Å². The summed E-state index contributed by atoms with van der Waals surface area (Å²) in [7, 11) is 0. The smallest absolute Gasteiger partial charge is 0.275 e. The minimum atomic E-state index is -0.674. The number of halogens is 2. The van der Waals surface area contributed by atoms with Gasteiger partial charge in [-0.3, -0.25) is 14.2 Å². The fourth-order valence-corrected chi connectivity index (χ4v) is 4.29. The van der Waals surface area contributed by atoms with Crippen LogP contribution in [0.2, 0.25) is 5.02 Å². The zero-order valence-corrected chi connectivity index (χ0v) is 14.1. The number of fused-ring (bicyclic) bond motifs is 2.